The molecular formula is C24H22F2N8O2. The summed E-state index contributed by atoms with van der Waals surface area (Å²) in [6.45, 7) is 1.96. The summed E-state index contributed by atoms with van der Waals surface area (Å²) in [7, 11) is 0. The molecule has 12 heteroatoms. The van der Waals surface area contributed by atoms with Crippen LogP contribution in [0.15, 0.2) is 41.1 Å². The van der Waals surface area contributed by atoms with Crippen LogP contribution in [0.25, 0.3) is 17.8 Å². The number of piperazine rings is 1. The van der Waals surface area contributed by atoms with Crippen LogP contribution in [0, 0.1) is 11.6 Å². The van der Waals surface area contributed by atoms with Crippen LogP contribution in [0.3, 0.4) is 0 Å². The van der Waals surface area contributed by atoms with Gasteiger partial charge in [-0.05, 0) is 55.3 Å². The number of amides is 1. The van der Waals surface area contributed by atoms with E-state index in [1.807, 2.05) is 17.0 Å². The zero-order valence-corrected chi connectivity index (χ0v) is 19.1. The van der Waals surface area contributed by atoms with Gasteiger partial charge < -0.3 is 19.6 Å². The number of anilines is 2. The van der Waals surface area contributed by atoms with Gasteiger partial charge in [0.15, 0.2) is 11.5 Å². The highest BCUT2D eigenvalue weighted by molar-refractivity contribution is 5.81. The van der Waals surface area contributed by atoms with Crippen molar-refractivity contribution in [1.29, 1.82) is 0 Å². The molecule has 0 spiro atoms. The molecule has 1 unspecified atom stereocenters. The molecule has 1 atom stereocenters. The molecular weight excluding hydrogens is 470 g/mol. The van der Waals surface area contributed by atoms with Crippen LogP contribution in [0.2, 0.25) is 0 Å². The van der Waals surface area contributed by atoms with Crippen LogP contribution in [0.4, 0.5) is 20.6 Å². The van der Waals surface area contributed by atoms with Gasteiger partial charge in [0.05, 0.1) is 17.9 Å². The Morgan fingerprint density at radius 1 is 1.14 bits per heavy atom. The molecule has 0 aliphatic carbocycles. The number of fused-ring (bicyclic) bond motifs is 1. The number of carbonyl (C=O) groups is 1. The lowest BCUT2D eigenvalue weighted by molar-refractivity contribution is -0.120. The molecule has 2 saturated heterocycles. The Morgan fingerprint density at radius 3 is 2.94 bits per heavy atom. The third kappa shape index (κ3) is 4.14. The number of imidazole rings is 1. The predicted octanol–water partition coefficient (Wildman–Crippen LogP) is 2.84. The number of hydrogen-bond acceptors (Lipinski definition) is 8. The lowest BCUT2D eigenvalue weighted by atomic mass is 10.0. The first-order chi connectivity index (χ1) is 17.5. The van der Waals surface area contributed by atoms with Gasteiger partial charge in [0.25, 0.3) is 0 Å². The second-order valence-corrected chi connectivity index (χ2v) is 8.70. The normalized spacial score (nSPS) is 18.5. The fourth-order valence-corrected chi connectivity index (χ4v) is 4.67. The van der Waals surface area contributed by atoms with Crippen molar-refractivity contribution in [3.8, 4) is 0 Å². The SMILES string of the molecule is O=C1CN(c2nc(C=Cc3cnc4ccc(N5CCCC5c5cc(F)ccc5F)nn34)no2)CCN1. The van der Waals surface area contributed by atoms with Crippen molar-refractivity contribution >= 4 is 35.5 Å². The van der Waals surface area contributed by atoms with Crippen LogP contribution in [0.1, 0.15) is 36.0 Å². The summed E-state index contributed by atoms with van der Waals surface area (Å²) in [4.78, 5) is 24.1. The fraction of sp³-hybridized carbons (Fsp3) is 0.292. The molecule has 6 rings (SSSR count). The van der Waals surface area contributed by atoms with Gasteiger partial charge in [-0.1, -0.05) is 5.16 Å². The highest BCUT2D eigenvalue weighted by Gasteiger charge is 2.30. The largest absolute Gasteiger partial charge is 0.353 e. The standard InChI is InChI=1S/C24H22F2N8O2/c25-15-3-5-18(26)17(12-15)19-2-1-10-33(19)22-8-7-21-28-13-16(34(21)30-22)4-6-20-29-24(36-31-20)32-11-9-27-23(35)14-32/h3-8,12-13,19H,1-2,9-11,14H2,(H,27,35). The predicted molar refractivity (Wildman–Crippen MR) is 127 cm³/mol. The van der Waals surface area contributed by atoms with Gasteiger partial charge in [-0.3, -0.25) is 4.79 Å². The first-order valence-electron chi connectivity index (χ1n) is 11.6. The van der Waals surface area contributed by atoms with Gasteiger partial charge in [-0.2, -0.15) is 4.98 Å². The van der Waals surface area contributed by atoms with E-state index in [9.17, 15) is 13.6 Å². The maximum absolute atomic E-state index is 14.5. The summed E-state index contributed by atoms with van der Waals surface area (Å²) in [5.74, 6) is 0.0153. The van der Waals surface area contributed by atoms with Gasteiger partial charge >= 0.3 is 6.01 Å². The van der Waals surface area contributed by atoms with Crippen molar-refractivity contribution in [2.75, 3.05) is 36.0 Å². The van der Waals surface area contributed by atoms with E-state index in [0.29, 0.717) is 54.6 Å². The van der Waals surface area contributed by atoms with Gasteiger partial charge in [0.1, 0.15) is 24.0 Å². The maximum Gasteiger partial charge on any atom is 0.324 e. The molecule has 0 saturated carbocycles. The van der Waals surface area contributed by atoms with Gasteiger partial charge in [0.2, 0.25) is 5.91 Å². The van der Waals surface area contributed by atoms with Crippen molar-refractivity contribution in [2.24, 2.45) is 0 Å². The number of benzene rings is 1. The average Bonchev–Trinajstić information content (AvgIpc) is 3.63. The maximum atomic E-state index is 14.5. The molecule has 2 fully saturated rings. The van der Waals surface area contributed by atoms with E-state index >= 15 is 0 Å². The number of aromatic nitrogens is 5. The quantitative estimate of drug-likeness (QED) is 0.454. The average molecular weight is 492 g/mol. The highest BCUT2D eigenvalue weighted by Crippen LogP contribution is 2.36. The monoisotopic (exact) mass is 492 g/mol. The van der Waals surface area contributed by atoms with E-state index < -0.39 is 11.6 Å². The van der Waals surface area contributed by atoms with Crippen LogP contribution < -0.4 is 15.1 Å². The molecule has 1 amide bonds. The number of rotatable bonds is 5. The van der Waals surface area contributed by atoms with Gasteiger partial charge in [-0.15, -0.1) is 5.10 Å². The Kier molecular flexibility index (Phi) is 5.55. The molecule has 4 aromatic rings. The third-order valence-corrected chi connectivity index (χ3v) is 6.38. The van der Waals surface area contributed by atoms with E-state index in [1.54, 1.807) is 27.8 Å². The topological polar surface area (TPSA) is 105 Å². The minimum atomic E-state index is -0.461. The second kappa shape index (κ2) is 9.02. The van der Waals surface area contributed by atoms with Crippen LogP contribution in [-0.4, -0.2) is 56.8 Å². The molecule has 1 N–H and O–H groups in total. The first kappa shape index (κ1) is 22.1. The Hall–Kier alpha value is -4.35. The molecule has 1 aromatic carbocycles. The molecule has 10 nitrogen and oxygen atoms in total. The van der Waals surface area contributed by atoms with Crippen molar-refractivity contribution < 1.29 is 18.1 Å². The lowest BCUT2D eigenvalue weighted by Gasteiger charge is -2.26. The Balaban J connectivity index is 1.26. The van der Waals surface area contributed by atoms with Crippen molar-refractivity contribution in [1.82, 2.24) is 30.1 Å². The first-order valence-corrected chi connectivity index (χ1v) is 11.6. The summed E-state index contributed by atoms with van der Waals surface area (Å²) in [6, 6.07) is 7.21. The Bertz CT molecular complexity index is 1470. The smallest absolute Gasteiger partial charge is 0.324 e. The summed E-state index contributed by atoms with van der Waals surface area (Å²) < 4.78 is 35.3. The summed E-state index contributed by atoms with van der Waals surface area (Å²) in [5, 5.41) is 11.5. The summed E-state index contributed by atoms with van der Waals surface area (Å²) in [5.41, 5.74) is 1.65. The molecule has 2 aliphatic rings. The molecule has 36 heavy (non-hydrogen) atoms. The zero-order chi connectivity index (χ0) is 24.6. The minimum Gasteiger partial charge on any atom is -0.353 e. The van der Waals surface area contributed by atoms with Crippen LogP contribution in [-0.2, 0) is 4.79 Å². The van der Waals surface area contributed by atoms with Gasteiger partial charge in [-0.25, -0.2) is 18.3 Å². The van der Waals surface area contributed by atoms with E-state index in [4.69, 9.17) is 9.62 Å². The number of halogens is 2. The molecule has 184 valence electrons. The van der Waals surface area contributed by atoms with Crippen molar-refractivity contribution in [3.05, 3.63) is 65.2 Å². The molecule has 5 heterocycles. The van der Waals surface area contributed by atoms with Crippen molar-refractivity contribution in [2.45, 2.75) is 18.9 Å². The molecule has 0 bridgehead atoms. The van der Waals surface area contributed by atoms with E-state index in [2.05, 4.69) is 20.4 Å². The van der Waals surface area contributed by atoms with Crippen LogP contribution >= 0.6 is 0 Å². The molecule has 3 aromatic heterocycles. The van der Waals surface area contributed by atoms with Crippen LogP contribution in [0.5, 0.6) is 0 Å². The lowest BCUT2D eigenvalue weighted by Crippen LogP contribution is -2.47. The summed E-state index contributed by atoms with van der Waals surface area (Å²) in [6.07, 6.45) is 6.66. The van der Waals surface area contributed by atoms with E-state index in [1.165, 1.54) is 12.1 Å². The number of nitrogens with zero attached hydrogens (tertiary/aromatic N) is 7. The van der Waals surface area contributed by atoms with Crippen molar-refractivity contribution in [3.63, 3.8) is 0 Å². The highest BCUT2D eigenvalue weighted by atomic mass is 19.1. The minimum absolute atomic E-state index is 0.0930. The molecule has 0 radical (unpaired) electrons. The number of hydrogen-bond donors (Lipinski definition) is 1. The Labute approximate surface area is 204 Å². The van der Waals surface area contributed by atoms with E-state index in [0.717, 1.165) is 12.5 Å². The number of carbonyl (C=O) groups excluding carboxylic acids is 1. The Morgan fingerprint density at radius 2 is 2.06 bits per heavy atom. The molecule has 2 aliphatic heterocycles. The van der Waals surface area contributed by atoms with E-state index in [-0.39, 0.29) is 24.5 Å². The zero-order valence-electron chi connectivity index (χ0n) is 19.1. The number of nitrogens with one attached hydrogen (secondary N) is 1. The fourth-order valence-electron chi connectivity index (χ4n) is 4.67. The summed E-state index contributed by atoms with van der Waals surface area (Å²) >= 11 is 0. The van der Waals surface area contributed by atoms with Gasteiger partial charge in [0, 0.05) is 25.2 Å². The third-order valence-electron chi connectivity index (χ3n) is 6.38. The second-order valence-electron chi connectivity index (χ2n) is 8.70.